The van der Waals surface area contributed by atoms with E-state index in [0.717, 1.165) is 11.3 Å². The number of carboxylic acid groups (broad SMARTS) is 1. The van der Waals surface area contributed by atoms with Gasteiger partial charge < -0.3 is 19.3 Å². The molecular formula is C21H17F4N3O5. The largest absolute Gasteiger partial charge is 0.490 e. The predicted octanol–water partition coefficient (Wildman–Crippen LogP) is 3.62. The molecule has 12 heteroatoms. The molecule has 0 spiro atoms. The first-order valence-corrected chi connectivity index (χ1v) is 9.50. The van der Waals surface area contributed by atoms with E-state index in [2.05, 4.69) is 10.1 Å². The lowest BCUT2D eigenvalue weighted by Crippen LogP contribution is -2.36. The molecule has 0 bridgehead atoms. The van der Waals surface area contributed by atoms with Gasteiger partial charge in [-0.2, -0.15) is 13.2 Å². The minimum absolute atomic E-state index is 0.0700. The maximum atomic E-state index is 13.9. The maximum Gasteiger partial charge on any atom is 0.490 e. The van der Waals surface area contributed by atoms with Crippen molar-refractivity contribution in [3.63, 3.8) is 0 Å². The summed E-state index contributed by atoms with van der Waals surface area (Å²) < 4.78 is 56.7. The number of fused-ring (bicyclic) bond motifs is 1. The minimum Gasteiger partial charge on any atom is -0.486 e. The Morgan fingerprint density at radius 2 is 1.91 bits per heavy atom. The molecule has 0 atom stereocenters. The number of pyridine rings is 1. The van der Waals surface area contributed by atoms with Crippen LogP contribution in [0.2, 0.25) is 0 Å². The van der Waals surface area contributed by atoms with Crippen LogP contribution in [0.15, 0.2) is 53.3 Å². The monoisotopic (exact) mass is 467 g/mol. The van der Waals surface area contributed by atoms with Crippen molar-refractivity contribution in [3.8, 4) is 5.75 Å². The normalized spacial score (nSPS) is 12.9. The van der Waals surface area contributed by atoms with Gasteiger partial charge in [-0.1, -0.05) is 17.3 Å². The number of aromatic nitrogens is 2. The Hall–Kier alpha value is -3.96. The number of rotatable bonds is 4. The van der Waals surface area contributed by atoms with Gasteiger partial charge >= 0.3 is 12.1 Å². The Balaban J connectivity index is 0.000000383. The molecule has 3 aromatic rings. The molecule has 1 aliphatic heterocycles. The van der Waals surface area contributed by atoms with E-state index in [1.54, 1.807) is 41.6 Å². The van der Waals surface area contributed by atoms with Gasteiger partial charge in [-0.3, -0.25) is 9.78 Å². The van der Waals surface area contributed by atoms with E-state index < -0.39 is 18.0 Å². The Kier molecular flexibility index (Phi) is 7.26. The van der Waals surface area contributed by atoms with E-state index in [-0.39, 0.29) is 18.1 Å². The molecule has 0 aliphatic carbocycles. The fourth-order valence-corrected chi connectivity index (χ4v) is 2.94. The van der Waals surface area contributed by atoms with Gasteiger partial charge in [0.2, 0.25) is 0 Å². The van der Waals surface area contributed by atoms with Crippen LogP contribution >= 0.6 is 0 Å². The van der Waals surface area contributed by atoms with E-state index >= 15 is 0 Å². The summed E-state index contributed by atoms with van der Waals surface area (Å²) >= 11 is 0. The number of amides is 1. The average Bonchev–Trinajstić information content (AvgIpc) is 3.20. The number of carbonyl (C=O) groups excluding carboxylic acids is 1. The lowest BCUT2D eigenvalue weighted by Gasteiger charge is -2.26. The molecule has 33 heavy (non-hydrogen) atoms. The number of ether oxygens (including phenoxy) is 1. The van der Waals surface area contributed by atoms with Gasteiger partial charge in [-0.15, -0.1) is 0 Å². The van der Waals surface area contributed by atoms with E-state index in [4.69, 9.17) is 19.2 Å². The third-order valence-electron chi connectivity index (χ3n) is 4.55. The maximum absolute atomic E-state index is 13.9. The Morgan fingerprint density at radius 1 is 1.18 bits per heavy atom. The van der Waals surface area contributed by atoms with E-state index in [1.165, 1.54) is 12.1 Å². The average molecular weight is 467 g/mol. The molecule has 4 rings (SSSR count). The minimum atomic E-state index is -5.08. The molecule has 0 saturated carbocycles. The number of halogens is 4. The smallest absolute Gasteiger partial charge is 0.486 e. The Morgan fingerprint density at radius 3 is 2.55 bits per heavy atom. The number of carboxylic acids is 1. The number of hydrogen-bond acceptors (Lipinski definition) is 6. The van der Waals surface area contributed by atoms with E-state index in [9.17, 15) is 22.4 Å². The third kappa shape index (κ3) is 6.05. The molecule has 1 amide bonds. The topological polar surface area (TPSA) is 106 Å². The number of hydrogen-bond donors (Lipinski definition) is 1. The van der Waals surface area contributed by atoms with Crippen LogP contribution in [0.25, 0.3) is 0 Å². The van der Waals surface area contributed by atoms with Crippen molar-refractivity contribution < 1.29 is 41.5 Å². The molecule has 0 unspecified atom stereocenters. The zero-order valence-corrected chi connectivity index (χ0v) is 16.9. The van der Waals surface area contributed by atoms with Crippen LogP contribution < -0.4 is 4.74 Å². The van der Waals surface area contributed by atoms with Crippen molar-refractivity contribution in [1.82, 2.24) is 15.0 Å². The molecule has 1 N–H and O–H groups in total. The summed E-state index contributed by atoms with van der Waals surface area (Å²) in [6.07, 6.45) is -1.27. The summed E-state index contributed by atoms with van der Waals surface area (Å²) in [6, 6.07) is 9.57. The fraction of sp³-hybridized carbons (Fsp3) is 0.238. The van der Waals surface area contributed by atoms with Crippen LogP contribution in [0, 0.1) is 5.82 Å². The summed E-state index contributed by atoms with van der Waals surface area (Å²) in [5.74, 6) is -2.25. The molecule has 8 nitrogen and oxygen atoms in total. The summed E-state index contributed by atoms with van der Waals surface area (Å²) in [7, 11) is 0. The highest BCUT2D eigenvalue weighted by molar-refractivity contribution is 5.94. The second-order valence-electron chi connectivity index (χ2n) is 6.77. The van der Waals surface area contributed by atoms with Gasteiger partial charge in [0.1, 0.15) is 29.6 Å². The van der Waals surface area contributed by atoms with Crippen molar-refractivity contribution in [2.75, 3.05) is 6.54 Å². The van der Waals surface area contributed by atoms with Gasteiger partial charge in [0.05, 0.1) is 18.3 Å². The molecule has 174 valence electrons. The third-order valence-corrected chi connectivity index (χ3v) is 4.55. The van der Waals surface area contributed by atoms with Crippen LogP contribution in [0.1, 0.15) is 27.4 Å². The standard InChI is InChI=1S/C19H16FN3O3.C2HF3O2/c20-16-6-2-1-5-14(16)19(24)23-9-7-18-15(11-23)17(22-26-18)12-25-13-4-3-8-21-10-13;3-2(4,5)1(6)7/h1-6,8,10H,7,9,11-12H2;(H,6,7). The molecular weight excluding hydrogens is 450 g/mol. The van der Waals surface area contributed by atoms with Crippen LogP contribution in [0.4, 0.5) is 17.6 Å². The van der Waals surface area contributed by atoms with Crippen molar-refractivity contribution in [3.05, 3.63) is 77.2 Å². The molecule has 0 saturated heterocycles. The Labute approximate surface area is 184 Å². The summed E-state index contributed by atoms with van der Waals surface area (Å²) in [5, 5.41) is 11.2. The number of nitrogens with zero attached hydrogens (tertiary/aromatic N) is 3. The van der Waals surface area contributed by atoms with Crippen molar-refractivity contribution in [2.45, 2.75) is 25.7 Å². The lowest BCUT2D eigenvalue weighted by molar-refractivity contribution is -0.192. The zero-order valence-electron chi connectivity index (χ0n) is 16.9. The van der Waals surface area contributed by atoms with Crippen LogP contribution in [-0.4, -0.2) is 44.7 Å². The SMILES string of the molecule is O=C(O)C(F)(F)F.O=C(c1ccccc1F)N1CCc2onc(COc3cccnc3)c2C1. The molecule has 1 aliphatic rings. The van der Waals surface area contributed by atoms with Crippen molar-refractivity contribution in [2.24, 2.45) is 0 Å². The summed E-state index contributed by atoms with van der Waals surface area (Å²) in [4.78, 5) is 27.1. The van der Waals surface area contributed by atoms with Crippen molar-refractivity contribution >= 4 is 11.9 Å². The molecule has 2 aromatic heterocycles. The number of alkyl halides is 3. The highest BCUT2D eigenvalue weighted by Gasteiger charge is 2.38. The fourth-order valence-electron chi connectivity index (χ4n) is 2.94. The van der Waals surface area contributed by atoms with Gasteiger partial charge in [0.15, 0.2) is 0 Å². The lowest BCUT2D eigenvalue weighted by atomic mass is 10.0. The predicted molar refractivity (Wildman–Crippen MR) is 104 cm³/mol. The number of carbonyl (C=O) groups is 2. The molecule has 0 radical (unpaired) electrons. The van der Waals surface area contributed by atoms with Gasteiger partial charge in [0, 0.05) is 24.7 Å². The van der Waals surface area contributed by atoms with Crippen LogP contribution in [-0.2, 0) is 24.4 Å². The van der Waals surface area contributed by atoms with Crippen molar-refractivity contribution in [1.29, 1.82) is 0 Å². The van der Waals surface area contributed by atoms with Gasteiger partial charge in [-0.05, 0) is 24.3 Å². The van der Waals surface area contributed by atoms with Crippen LogP contribution in [0.5, 0.6) is 5.75 Å². The zero-order chi connectivity index (χ0) is 24.0. The quantitative estimate of drug-likeness (QED) is 0.585. The first-order valence-electron chi connectivity index (χ1n) is 9.50. The van der Waals surface area contributed by atoms with E-state index in [0.29, 0.717) is 31.0 Å². The molecule has 0 fully saturated rings. The molecule has 1 aromatic carbocycles. The van der Waals surface area contributed by atoms with Gasteiger partial charge in [-0.25, -0.2) is 9.18 Å². The first-order chi connectivity index (χ1) is 15.7. The highest BCUT2D eigenvalue weighted by Crippen LogP contribution is 2.25. The summed E-state index contributed by atoms with van der Waals surface area (Å²) in [6.45, 7) is 0.988. The Bertz CT molecular complexity index is 1120. The van der Waals surface area contributed by atoms with Crippen LogP contribution in [0.3, 0.4) is 0 Å². The number of aliphatic carboxylic acids is 1. The first kappa shape index (κ1) is 23.7. The second kappa shape index (κ2) is 10.1. The summed E-state index contributed by atoms with van der Waals surface area (Å²) in [5.41, 5.74) is 1.53. The van der Waals surface area contributed by atoms with Gasteiger partial charge in [0.25, 0.3) is 5.91 Å². The molecule has 3 heterocycles. The highest BCUT2D eigenvalue weighted by atomic mass is 19.4. The second-order valence-corrected chi connectivity index (χ2v) is 6.77. The van der Waals surface area contributed by atoms with E-state index in [1.807, 2.05) is 0 Å². The number of benzene rings is 1.